The molecule has 104 valence electrons. The van der Waals surface area contributed by atoms with Gasteiger partial charge in [0, 0.05) is 25.4 Å². The average molecular weight is 277 g/mol. The van der Waals surface area contributed by atoms with E-state index in [4.69, 9.17) is 0 Å². The van der Waals surface area contributed by atoms with Gasteiger partial charge in [0.1, 0.15) is 0 Å². The summed E-state index contributed by atoms with van der Waals surface area (Å²) in [7, 11) is 2.18. The summed E-state index contributed by atoms with van der Waals surface area (Å²) in [6, 6.07) is 10.6. The van der Waals surface area contributed by atoms with Crippen molar-refractivity contribution in [2.45, 2.75) is 19.4 Å². The average Bonchev–Trinajstić information content (AvgIpc) is 2.46. The van der Waals surface area contributed by atoms with E-state index in [0.717, 1.165) is 37.8 Å². The van der Waals surface area contributed by atoms with Gasteiger partial charge < -0.3 is 10.2 Å². The lowest BCUT2D eigenvalue weighted by atomic mass is 10.2. The molecule has 1 aliphatic rings. The molecule has 0 unspecified atom stereocenters. The van der Waals surface area contributed by atoms with Gasteiger partial charge >= 0.3 is 0 Å². The van der Waals surface area contributed by atoms with E-state index in [1.165, 1.54) is 17.7 Å². The maximum absolute atomic E-state index is 4.47. The quantitative estimate of drug-likeness (QED) is 0.810. The Bertz CT molecular complexity index is 392. The van der Waals surface area contributed by atoms with Gasteiger partial charge in [-0.25, -0.2) is 0 Å². The predicted molar refractivity (Wildman–Crippen MR) is 84.8 cm³/mol. The molecule has 0 spiro atoms. The number of thioether (sulfide) groups is 1. The van der Waals surface area contributed by atoms with Gasteiger partial charge in [-0.05, 0) is 32.0 Å². The van der Waals surface area contributed by atoms with Crippen LogP contribution in [0.25, 0.3) is 0 Å². The van der Waals surface area contributed by atoms with Crippen molar-refractivity contribution in [3.63, 3.8) is 0 Å². The van der Waals surface area contributed by atoms with Crippen LogP contribution < -0.4 is 5.32 Å². The molecule has 3 nitrogen and oxygen atoms in total. The monoisotopic (exact) mass is 277 g/mol. The molecule has 4 heteroatoms. The zero-order valence-electron chi connectivity index (χ0n) is 11.6. The Morgan fingerprint density at radius 1 is 1.32 bits per heavy atom. The van der Waals surface area contributed by atoms with Gasteiger partial charge in [-0.15, -0.1) is 0 Å². The van der Waals surface area contributed by atoms with E-state index in [1.54, 1.807) is 0 Å². The molecule has 0 radical (unpaired) electrons. The minimum atomic E-state index is 0.989. The largest absolute Gasteiger partial charge is 0.365 e. The fourth-order valence-corrected chi connectivity index (χ4v) is 2.94. The van der Waals surface area contributed by atoms with Gasteiger partial charge in [0.05, 0.1) is 0 Å². The van der Waals surface area contributed by atoms with Gasteiger partial charge in [-0.1, -0.05) is 42.1 Å². The summed E-state index contributed by atoms with van der Waals surface area (Å²) in [6.45, 7) is 4.14. The summed E-state index contributed by atoms with van der Waals surface area (Å²) in [5.74, 6) is 1.21. The molecule has 0 bridgehead atoms. The maximum atomic E-state index is 4.47. The van der Waals surface area contributed by atoms with Crippen LogP contribution in [0, 0.1) is 0 Å². The van der Waals surface area contributed by atoms with Crippen molar-refractivity contribution in [1.82, 2.24) is 10.2 Å². The van der Waals surface area contributed by atoms with Crippen molar-refractivity contribution in [3.8, 4) is 0 Å². The second kappa shape index (κ2) is 8.23. The van der Waals surface area contributed by atoms with Crippen molar-refractivity contribution in [3.05, 3.63) is 35.9 Å². The van der Waals surface area contributed by atoms with Crippen LogP contribution >= 0.6 is 11.8 Å². The highest BCUT2D eigenvalue weighted by molar-refractivity contribution is 8.13. The van der Waals surface area contributed by atoms with Crippen molar-refractivity contribution in [2.75, 3.05) is 32.4 Å². The Kier molecular flexibility index (Phi) is 6.24. The molecule has 19 heavy (non-hydrogen) atoms. The summed E-state index contributed by atoms with van der Waals surface area (Å²) in [4.78, 5) is 6.84. The number of nitrogens with zero attached hydrogens (tertiary/aromatic N) is 2. The van der Waals surface area contributed by atoms with E-state index < -0.39 is 0 Å². The van der Waals surface area contributed by atoms with E-state index in [9.17, 15) is 0 Å². The molecular formula is C15H23N3S. The molecule has 0 aromatic heterocycles. The number of aliphatic imine (C=N–C) groups is 1. The summed E-state index contributed by atoms with van der Waals surface area (Å²) in [5.41, 5.74) is 1.38. The third kappa shape index (κ3) is 5.66. The SMILES string of the molecule is CN(CCCNC1=NCCCS1)Cc1ccccc1. The van der Waals surface area contributed by atoms with Crippen molar-refractivity contribution in [1.29, 1.82) is 0 Å². The van der Waals surface area contributed by atoms with Crippen LogP contribution in [0.15, 0.2) is 35.3 Å². The van der Waals surface area contributed by atoms with Crippen LogP contribution in [0.5, 0.6) is 0 Å². The Balaban J connectivity index is 1.59. The van der Waals surface area contributed by atoms with E-state index in [0.29, 0.717) is 0 Å². The molecule has 0 saturated carbocycles. The minimum Gasteiger partial charge on any atom is -0.365 e. The van der Waals surface area contributed by atoms with Crippen LogP contribution in [-0.4, -0.2) is 42.5 Å². The fourth-order valence-electron chi connectivity index (χ4n) is 2.09. The summed E-state index contributed by atoms with van der Waals surface area (Å²) in [5, 5.41) is 4.56. The van der Waals surface area contributed by atoms with Crippen LogP contribution in [0.1, 0.15) is 18.4 Å². The third-order valence-electron chi connectivity index (χ3n) is 3.08. The Labute approximate surface area is 120 Å². The lowest BCUT2D eigenvalue weighted by Gasteiger charge is -2.18. The van der Waals surface area contributed by atoms with E-state index >= 15 is 0 Å². The molecule has 0 aliphatic carbocycles. The van der Waals surface area contributed by atoms with Gasteiger partial charge in [0.2, 0.25) is 0 Å². The number of benzene rings is 1. The molecule has 1 aromatic carbocycles. The highest BCUT2D eigenvalue weighted by Crippen LogP contribution is 2.10. The normalized spacial score (nSPS) is 15.4. The molecule has 0 fully saturated rings. The summed E-state index contributed by atoms with van der Waals surface area (Å²) >= 11 is 1.85. The molecule has 0 amide bonds. The predicted octanol–water partition coefficient (Wildman–Crippen LogP) is 2.59. The molecule has 2 rings (SSSR count). The first kappa shape index (κ1) is 14.4. The molecule has 1 aliphatic heterocycles. The molecule has 1 N–H and O–H groups in total. The minimum absolute atomic E-state index is 0.989. The standard InChI is InChI=1S/C15H23N3S/c1-18(13-14-7-3-2-4-8-14)11-5-9-16-15-17-10-6-12-19-15/h2-4,7-8H,5-6,9-13H2,1H3,(H,16,17). The number of rotatable bonds is 6. The number of amidine groups is 1. The van der Waals surface area contributed by atoms with E-state index in [-0.39, 0.29) is 0 Å². The molecule has 0 saturated heterocycles. The molecule has 0 atom stereocenters. The van der Waals surface area contributed by atoms with Crippen LogP contribution in [-0.2, 0) is 6.54 Å². The number of nitrogens with one attached hydrogen (secondary N) is 1. The van der Waals surface area contributed by atoms with Gasteiger partial charge in [0.15, 0.2) is 5.17 Å². The molecule has 1 aromatic rings. The fraction of sp³-hybridized carbons (Fsp3) is 0.533. The lowest BCUT2D eigenvalue weighted by Crippen LogP contribution is -2.28. The Morgan fingerprint density at radius 2 is 2.16 bits per heavy atom. The van der Waals surface area contributed by atoms with Crippen LogP contribution in [0.4, 0.5) is 0 Å². The van der Waals surface area contributed by atoms with Gasteiger partial charge in [-0.3, -0.25) is 4.99 Å². The zero-order valence-corrected chi connectivity index (χ0v) is 12.5. The second-order valence-electron chi connectivity index (χ2n) is 4.89. The summed E-state index contributed by atoms with van der Waals surface area (Å²) < 4.78 is 0. The van der Waals surface area contributed by atoms with Crippen LogP contribution in [0.3, 0.4) is 0 Å². The van der Waals surface area contributed by atoms with E-state index in [2.05, 4.69) is 52.6 Å². The van der Waals surface area contributed by atoms with E-state index in [1.807, 2.05) is 11.8 Å². The Morgan fingerprint density at radius 3 is 2.89 bits per heavy atom. The second-order valence-corrected chi connectivity index (χ2v) is 5.98. The first-order valence-electron chi connectivity index (χ1n) is 6.98. The maximum Gasteiger partial charge on any atom is 0.156 e. The number of hydrogen-bond donors (Lipinski definition) is 1. The highest BCUT2D eigenvalue weighted by atomic mass is 32.2. The lowest BCUT2D eigenvalue weighted by molar-refractivity contribution is 0.322. The van der Waals surface area contributed by atoms with Crippen molar-refractivity contribution < 1.29 is 0 Å². The highest BCUT2D eigenvalue weighted by Gasteiger charge is 2.05. The zero-order chi connectivity index (χ0) is 13.3. The summed E-state index contributed by atoms with van der Waals surface area (Å²) in [6.07, 6.45) is 2.37. The Hall–Kier alpha value is -1.00. The van der Waals surface area contributed by atoms with Crippen LogP contribution in [0.2, 0.25) is 0 Å². The molecular weight excluding hydrogens is 254 g/mol. The number of hydrogen-bond acceptors (Lipinski definition) is 4. The van der Waals surface area contributed by atoms with Crippen molar-refractivity contribution >= 4 is 16.9 Å². The first-order valence-corrected chi connectivity index (χ1v) is 7.97. The third-order valence-corrected chi connectivity index (χ3v) is 4.12. The van der Waals surface area contributed by atoms with Gasteiger partial charge in [-0.2, -0.15) is 0 Å². The first-order chi connectivity index (χ1) is 9.34. The van der Waals surface area contributed by atoms with Gasteiger partial charge in [0.25, 0.3) is 0 Å². The van der Waals surface area contributed by atoms with Crippen molar-refractivity contribution in [2.24, 2.45) is 4.99 Å². The topological polar surface area (TPSA) is 27.6 Å². The smallest absolute Gasteiger partial charge is 0.156 e. The molecule has 1 heterocycles.